The minimum atomic E-state index is -0.323. The van der Waals surface area contributed by atoms with Gasteiger partial charge in [-0.05, 0) is 24.6 Å². The lowest BCUT2D eigenvalue weighted by atomic mass is 10.0. The van der Waals surface area contributed by atoms with Crippen LogP contribution in [0, 0.1) is 6.92 Å². The summed E-state index contributed by atoms with van der Waals surface area (Å²) in [6.07, 6.45) is 3.56. The van der Waals surface area contributed by atoms with Crippen molar-refractivity contribution in [2.75, 3.05) is 0 Å². The second-order valence-electron chi connectivity index (χ2n) is 6.60. The van der Waals surface area contributed by atoms with Gasteiger partial charge in [0.1, 0.15) is 0 Å². The lowest BCUT2D eigenvalue weighted by molar-refractivity contribution is 0.0936. The first-order valence-corrected chi connectivity index (χ1v) is 8.94. The van der Waals surface area contributed by atoms with E-state index in [1.807, 2.05) is 43.3 Å². The number of aryl methyl sites for hydroxylation is 1. The highest BCUT2D eigenvalue weighted by atomic mass is 16.1. The summed E-state index contributed by atoms with van der Waals surface area (Å²) in [6.45, 7) is 1.87. The van der Waals surface area contributed by atoms with Gasteiger partial charge in [0, 0.05) is 42.2 Å². The van der Waals surface area contributed by atoms with Gasteiger partial charge in [-0.1, -0.05) is 30.3 Å². The predicted molar refractivity (Wildman–Crippen MR) is 105 cm³/mol. The van der Waals surface area contributed by atoms with Crippen molar-refractivity contribution < 1.29 is 4.79 Å². The maximum Gasteiger partial charge on any atom is 0.272 e. The number of rotatable bonds is 5. The number of hydrogen-bond donors (Lipinski definition) is 2. The number of aromatic amines is 1. The Morgan fingerprint density at radius 3 is 2.64 bits per heavy atom. The predicted octanol–water partition coefficient (Wildman–Crippen LogP) is 2.44. The van der Waals surface area contributed by atoms with E-state index in [-0.39, 0.29) is 17.5 Å². The van der Waals surface area contributed by atoms with Crippen molar-refractivity contribution in [3.63, 3.8) is 0 Å². The summed E-state index contributed by atoms with van der Waals surface area (Å²) < 4.78 is 1.41. The van der Waals surface area contributed by atoms with E-state index in [1.165, 1.54) is 10.6 Å². The summed E-state index contributed by atoms with van der Waals surface area (Å²) in [4.78, 5) is 33.6. The van der Waals surface area contributed by atoms with E-state index in [1.54, 1.807) is 24.5 Å². The monoisotopic (exact) mass is 373 g/mol. The van der Waals surface area contributed by atoms with E-state index in [0.29, 0.717) is 23.3 Å². The first kappa shape index (κ1) is 17.7. The molecule has 28 heavy (non-hydrogen) atoms. The van der Waals surface area contributed by atoms with Crippen LogP contribution in [0.4, 0.5) is 0 Å². The number of aromatic nitrogens is 4. The highest BCUT2D eigenvalue weighted by Crippen LogP contribution is 2.18. The number of pyridine rings is 1. The van der Waals surface area contributed by atoms with Crippen molar-refractivity contribution in [3.8, 4) is 0 Å². The number of carbonyl (C=O) groups excluding carboxylic acids is 1. The first-order valence-electron chi connectivity index (χ1n) is 8.94. The van der Waals surface area contributed by atoms with E-state index < -0.39 is 0 Å². The number of fused-ring (bicyclic) bond motifs is 1. The summed E-state index contributed by atoms with van der Waals surface area (Å²) in [5.74, 6) is -0.202. The Morgan fingerprint density at radius 1 is 1.14 bits per heavy atom. The second-order valence-corrected chi connectivity index (χ2v) is 6.60. The van der Waals surface area contributed by atoms with Crippen LogP contribution in [-0.2, 0) is 6.42 Å². The Kier molecular flexibility index (Phi) is 4.72. The van der Waals surface area contributed by atoms with Crippen molar-refractivity contribution in [2.45, 2.75) is 19.4 Å². The molecule has 1 atom stereocenters. The Balaban J connectivity index is 1.66. The molecule has 0 saturated heterocycles. The molecule has 1 unspecified atom stereocenters. The number of nitrogens with one attached hydrogen (secondary N) is 2. The molecule has 0 aliphatic heterocycles. The SMILES string of the molecule is Cc1cc2nc(CC(NC(=O)c3ccncc3)c3ccccc3)cc(=O)n2[nH]1. The molecule has 0 bridgehead atoms. The van der Waals surface area contributed by atoms with Crippen molar-refractivity contribution >= 4 is 11.6 Å². The maximum absolute atomic E-state index is 12.7. The average molecular weight is 373 g/mol. The third-order valence-electron chi connectivity index (χ3n) is 4.49. The summed E-state index contributed by atoms with van der Waals surface area (Å²) in [6, 6.07) is 16.0. The van der Waals surface area contributed by atoms with Gasteiger partial charge in [-0.15, -0.1) is 0 Å². The maximum atomic E-state index is 12.7. The van der Waals surface area contributed by atoms with Gasteiger partial charge in [0.2, 0.25) is 0 Å². The van der Waals surface area contributed by atoms with Crippen molar-refractivity contribution in [2.24, 2.45) is 0 Å². The number of carbonyl (C=O) groups is 1. The molecule has 1 aromatic carbocycles. The molecule has 0 saturated carbocycles. The molecule has 0 aliphatic carbocycles. The molecule has 7 heteroatoms. The Morgan fingerprint density at radius 2 is 1.89 bits per heavy atom. The average Bonchev–Trinajstić information content (AvgIpc) is 3.09. The van der Waals surface area contributed by atoms with Gasteiger partial charge in [0.25, 0.3) is 11.5 Å². The summed E-state index contributed by atoms with van der Waals surface area (Å²) >= 11 is 0. The van der Waals surface area contributed by atoms with Gasteiger partial charge in [-0.3, -0.25) is 19.7 Å². The largest absolute Gasteiger partial charge is 0.345 e. The highest BCUT2D eigenvalue weighted by molar-refractivity contribution is 5.94. The molecule has 4 aromatic rings. The molecule has 0 spiro atoms. The Labute approximate surface area is 161 Å². The molecule has 1 amide bonds. The van der Waals surface area contributed by atoms with Gasteiger partial charge in [-0.2, -0.15) is 0 Å². The minimum Gasteiger partial charge on any atom is -0.345 e. The third kappa shape index (κ3) is 3.68. The van der Waals surface area contributed by atoms with Gasteiger partial charge in [0.05, 0.1) is 11.7 Å². The standard InChI is InChI=1S/C21H19N5O2/c1-14-11-19-23-17(13-20(27)26(19)25-14)12-18(15-5-3-2-4-6-15)24-21(28)16-7-9-22-10-8-16/h2-11,13,18,25H,12H2,1H3,(H,24,28). The number of amides is 1. The number of benzene rings is 1. The quantitative estimate of drug-likeness (QED) is 0.562. The third-order valence-corrected chi connectivity index (χ3v) is 4.49. The Bertz CT molecular complexity index is 1170. The smallest absolute Gasteiger partial charge is 0.272 e. The fourth-order valence-corrected chi connectivity index (χ4v) is 3.16. The van der Waals surface area contributed by atoms with Crippen molar-refractivity contribution in [3.05, 3.63) is 99.9 Å². The van der Waals surface area contributed by atoms with Crippen LogP contribution in [0.25, 0.3) is 5.65 Å². The molecule has 0 fully saturated rings. The normalized spacial score (nSPS) is 12.0. The molecule has 0 aliphatic rings. The summed E-state index contributed by atoms with van der Waals surface area (Å²) in [5.41, 5.74) is 3.32. The number of nitrogens with zero attached hydrogens (tertiary/aromatic N) is 3. The van der Waals surface area contributed by atoms with Crippen LogP contribution < -0.4 is 10.9 Å². The highest BCUT2D eigenvalue weighted by Gasteiger charge is 2.18. The zero-order valence-electron chi connectivity index (χ0n) is 15.3. The van der Waals surface area contributed by atoms with Gasteiger partial charge in [0.15, 0.2) is 5.65 Å². The first-order chi connectivity index (χ1) is 13.6. The summed E-state index contributed by atoms with van der Waals surface area (Å²) in [7, 11) is 0. The van der Waals surface area contributed by atoms with E-state index in [2.05, 4.69) is 20.4 Å². The van der Waals surface area contributed by atoms with E-state index in [0.717, 1.165) is 11.3 Å². The van der Waals surface area contributed by atoms with Crippen LogP contribution in [-0.4, -0.2) is 25.5 Å². The zero-order chi connectivity index (χ0) is 19.5. The van der Waals surface area contributed by atoms with Gasteiger partial charge in [-0.25, -0.2) is 9.50 Å². The molecular formula is C21H19N5O2. The van der Waals surface area contributed by atoms with Crippen LogP contribution >= 0.6 is 0 Å². The molecule has 3 heterocycles. The van der Waals surface area contributed by atoms with E-state index in [9.17, 15) is 9.59 Å². The molecule has 2 N–H and O–H groups in total. The summed E-state index contributed by atoms with van der Waals surface area (Å²) in [5, 5.41) is 6.01. The van der Waals surface area contributed by atoms with E-state index >= 15 is 0 Å². The molecule has 4 rings (SSSR count). The molecule has 0 radical (unpaired) electrons. The van der Waals surface area contributed by atoms with Gasteiger partial charge >= 0.3 is 0 Å². The second kappa shape index (κ2) is 7.48. The lowest BCUT2D eigenvalue weighted by Gasteiger charge is -2.19. The van der Waals surface area contributed by atoms with Crippen LogP contribution in [0.5, 0.6) is 0 Å². The number of hydrogen-bond acceptors (Lipinski definition) is 4. The van der Waals surface area contributed by atoms with Crippen LogP contribution in [0.2, 0.25) is 0 Å². The molecule has 140 valence electrons. The van der Waals surface area contributed by atoms with Crippen molar-refractivity contribution in [1.29, 1.82) is 0 Å². The minimum absolute atomic E-state index is 0.180. The van der Waals surface area contributed by atoms with Crippen LogP contribution in [0.15, 0.2) is 71.8 Å². The Hall–Kier alpha value is -3.74. The van der Waals surface area contributed by atoms with Crippen LogP contribution in [0.1, 0.15) is 33.4 Å². The fourth-order valence-electron chi connectivity index (χ4n) is 3.16. The number of H-pyrrole nitrogens is 1. The fraction of sp³-hybridized carbons (Fsp3) is 0.143. The molecule has 3 aromatic heterocycles. The zero-order valence-corrected chi connectivity index (χ0v) is 15.3. The topological polar surface area (TPSA) is 92.2 Å². The van der Waals surface area contributed by atoms with Crippen molar-refractivity contribution in [1.82, 2.24) is 24.9 Å². The molecule has 7 nitrogen and oxygen atoms in total. The lowest BCUT2D eigenvalue weighted by Crippen LogP contribution is -2.30. The van der Waals surface area contributed by atoms with Crippen LogP contribution in [0.3, 0.4) is 0 Å². The van der Waals surface area contributed by atoms with Gasteiger partial charge < -0.3 is 5.32 Å². The van der Waals surface area contributed by atoms with E-state index in [4.69, 9.17) is 0 Å². The molecular weight excluding hydrogens is 354 g/mol.